The Labute approximate surface area is 115 Å². The number of aryl methyl sites for hydroxylation is 1. The summed E-state index contributed by atoms with van der Waals surface area (Å²) in [6.45, 7) is 3.86. The second kappa shape index (κ2) is 7.26. The van der Waals surface area contributed by atoms with Crippen LogP contribution in [-0.2, 0) is 16.3 Å². The second-order valence-electron chi connectivity index (χ2n) is 4.38. The Balaban J connectivity index is 2.52. The molecular weight excluding hydrogens is 266 g/mol. The highest BCUT2D eigenvalue weighted by Crippen LogP contribution is 2.26. The fourth-order valence-corrected chi connectivity index (χ4v) is 3.84. The number of hydrogen-bond acceptors (Lipinski definition) is 4. The average molecular weight is 289 g/mol. The van der Waals surface area contributed by atoms with E-state index in [1.807, 2.05) is 18.4 Å². The number of nitrogens with one attached hydrogen (secondary N) is 1. The smallest absolute Gasteiger partial charge is 0.150 e. The maximum atomic E-state index is 11.4. The van der Waals surface area contributed by atoms with Crippen molar-refractivity contribution in [2.45, 2.75) is 39.2 Å². The number of thiophene rings is 1. The van der Waals surface area contributed by atoms with Gasteiger partial charge in [0, 0.05) is 21.5 Å². The second-order valence-corrected chi connectivity index (χ2v) is 8.05. The highest BCUT2D eigenvalue weighted by molar-refractivity contribution is 7.91. The number of hydrogen-bond donors (Lipinski definition) is 1. The Morgan fingerprint density at radius 3 is 2.56 bits per heavy atom. The Morgan fingerprint density at radius 1 is 1.33 bits per heavy atom. The first-order chi connectivity index (χ1) is 8.52. The van der Waals surface area contributed by atoms with E-state index in [4.69, 9.17) is 0 Å². The van der Waals surface area contributed by atoms with Crippen molar-refractivity contribution >= 4 is 21.2 Å². The summed E-state index contributed by atoms with van der Waals surface area (Å²) in [7, 11) is -0.895. The zero-order valence-electron chi connectivity index (χ0n) is 11.4. The van der Waals surface area contributed by atoms with Crippen LogP contribution in [-0.4, -0.2) is 27.0 Å². The van der Waals surface area contributed by atoms with E-state index in [9.17, 15) is 8.42 Å². The first-order valence-corrected chi connectivity index (χ1v) is 9.12. The van der Waals surface area contributed by atoms with Crippen molar-refractivity contribution in [3.63, 3.8) is 0 Å². The van der Waals surface area contributed by atoms with E-state index in [0.29, 0.717) is 5.75 Å². The molecule has 0 aromatic carbocycles. The van der Waals surface area contributed by atoms with Gasteiger partial charge in [0.05, 0.1) is 5.75 Å². The van der Waals surface area contributed by atoms with Gasteiger partial charge in [-0.2, -0.15) is 0 Å². The minimum absolute atomic E-state index is 0.246. The molecule has 1 unspecified atom stereocenters. The molecule has 0 aliphatic heterocycles. The van der Waals surface area contributed by atoms with Crippen molar-refractivity contribution in [3.8, 4) is 0 Å². The molecule has 0 radical (unpaired) electrons. The summed E-state index contributed by atoms with van der Waals surface area (Å²) in [5, 5.41) is 3.28. The molecule has 1 heterocycles. The quantitative estimate of drug-likeness (QED) is 0.800. The molecule has 5 heteroatoms. The zero-order chi connectivity index (χ0) is 13.6. The fourth-order valence-electron chi connectivity index (χ4n) is 1.85. The molecule has 1 atom stereocenters. The van der Waals surface area contributed by atoms with Crippen LogP contribution in [0.1, 0.15) is 42.5 Å². The van der Waals surface area contributed by atoms with Crippen LogP contribution in [0.3, 0.4) is 0 Å². The van der Waals surface area contributed by atoms with Gasteiger partial charge in [-0.25, -0.2) is 8.42 Å². The monoisotopic (exact) mass is 289 g/mol. The van der Waals surface area contributed by atoms with Gasteiger partial charge in [0.1, 0.15) is 9.84 Å². The van der Waals surface area contributed by atoms with Crippen LogP contribution in [0.2, 0.25) is 0 Å². The molecule has 0 bridgehead atoms. The van der Waals surface area contributed by atoms with Crippen LogP contribution in [0, 0.1) is 0 Å². The molecule has 1 aromatic heterocycles. The van der Waals surface area contributed by atoms with E-state index in [1.54, 1.807) is 6.92 Å². The Morgan fingerprint density at radius 2 is 2.06 bits per heavy atom. The molecule has 0 aliphatic rings. The molecular formula is C13H23NO2S2. The van der Waals surface area contributed by atoms with Crippen LogP contribution >= 0.6 is 11.3 Å². The fraction of sp³-hybridized carbons (Fsp3) is 0.692. The predicted octanol–water partition coefficient (Wildman–Crippen LogP) is 2.79. The first kappa shape index (κ1) is 15.7. The zero-order valence-corrected chi connectivity index (χ0v) is 13.0. The molecule has 104 valence electrons. The topological polar surface area (TPSA) is 46.2 Å². The Kier molecular flexibility index (Phi) is 6.32. The van der Waals surface area contributed by atoms with Crippen LogP contribution in [0.15, 0.2) is 12.1 Å². The molecule has 3 nitrogen and oxygen atoms in total. The van der Waals surface area contributed by atoms with Gasteiger partial charge in [0.2, 0.25) is 0 Å². The van der Waals surface area contributed by atoms with E-state index < -0.39 is 9.84 Å². The summed E-state index contributed by atoms with van der Waals surface area (Å²) in [5.74, 6) is 0.546. The maximum Gasteiger partial charge on any atom is 0.150 e. The summed E-state index contributed by atoms with van der Waals surface area (Å²) >= 11 is 1.82. The van der Waals surface area contributed by atoms with Crippen molar-refractivity contribution in [2.75, 3.05) is 18.6 Å². The lowest BCUT2D eigenvalue weighted by Gasteiger charge is -2.14. The van der Waals surface area contributed by atoms with E-state index in [0.717, 1.165) is 19.3 Å². The highest BCUT2D eigenvalue weighted by atomic mass is 32.2. The number of rotatable bonds is 8. The lowest BCUT2D eigenvalue weighted by molar-refractivity contribution is 0.542. The first-order valence-electron chi connectivity index (χ1n) is 6.48. The molecule has 1 aromatic rings. The van der Waals surface area contributed by atoms with Gasteiger partial charge in [-0.05, 0) is 38.4 Å². The largest absolute Gasteiger partial charge is 0.312 e. The molecule has 0 spiro atoms. The molecule has 0 saturated carbocycles. The van der Waals surface area contributed by atoms with Gasteiger partial charge >= 0.3 is 0 Å². The van der Waals surface area contributed by atoms with E-state index in [1.165, 1.54) is 9.75 Å². The van der Waals surface area contributed by atoms with Crippen molar-refractivity contribution in [1.82, 2.24) is 5.32 Å². The third kappa shape index (κ3) is 4.71. The van der Waals surface area contributed by atoms with Crippen molar-refractivity contribution in [3.05, 3.63) is 21.9 Å². The van der Waals surface area contributed by atoms with Crippen molar-refractivity contribution in [2.24, 2.45) is 0 Å². The third-order valence-electron chi connectivity index (χ3n) is 3.11. The summed E-state index contributed by atoms with van der Waals surface area (Å²) < 4.78 is 22.9. The van der Waals surface area contributed by atoms with E-state index in [2.05, 4.69) is 24.4 Å². The van der Waals surface area contributed by atoms with Gasteiger partial charge in [0.25, 0.3) is 0 Å². The van der Waals surface area contributed by atoms with Gasteiger partial charge < -0.3 is 5.32 Å². The molecule has 1 rings (SSSR count). The lowest BCUT2D eigenvalue weighted by atomic mass is 10.1. The molecule has 18 heavy (non-hydrogen) atoms. The third-order valence-corrected chi connectivity index (χ3v) is 6.24. The molecule has 0 fully saturated rings. The van der Waals surface area contributed by atoms with Crippen LogP contribution < -0.4 is 5.32 Å². The summed E-state index contributed by atoms with van der Waals surface area (Å²) in [6, 6.07) is 4.59. The standard InChI is InChI=1S/C13H23NO2S2/c1-4-11-8-9-13(17-11)12(14-3)7-6-10-18(15,16)5-2/h8-9,12,14H,4-7,10H2,1-3H3. The normalized spacial score (nSPS) is 13.7. The van der Waals surface area contributed by atoms with Gasteiger partial charge in [0.15, 0.2) is 0 Å². The minimum atomic E-state index is -2.83. The van der Waals surface area contributed by atoms with Crippen molar-refractivity contribution < 1.29 is 8.42 Å². The number of sulfone groups is 1. The SMILES string of the molecule is CCc1ccc(C(CCCS(=O)(=O)CC)NC)s1. The Hall–Kier alpha value is -0.390. The molecule has 0 amide bonds. The molecule has 0 saturated heterocycles. The highest BCUT2D eigenvalue weighted by Gasteiger charge is 2.14. The van der Waals surface area contributed by atoms with E-state index >= 15 is 0 Å². The summed E-state index contributed by atoms with van der Waals surface area (Å²) in [6.07, 6.45) is 2.66. The van der Waals surface area contributed by atoms with Gasteiger partial charge in [-0.15, -0.1) is 11.3 Å². The summed E-state index contributed by atoms with van der Waals surface area (Å²) in [5.41, 5.74) is 0. The van der Waals surface area contributed by atoms with E-state index in [-0.39, 0.29) is 11.8 Å². The predicted molar refractivity (Wildman–Crippen MR) is 79.1 cm³/mol. The van der Waals surface area contributed by atoms with Crippen LogP contribution in [0.25, 0.3) is 0 Å². The van der Waals surface area contributed by atoms with Crippen molar-refractivity contribution in [1.29, 1.82) is 0 Å². The molecule has 0 aliphatic carbocycles. The summed E-state index contributed by atoms with van der Waals surface area (Å²) in [4.78, 5) is 2.69. The average Bonchev–Trinajstić information content (AvgIpc) is 2.83. The maximum absolute atomic E-state index is 11.4. The molecule has 1 N–H and O–H groups in total. The Bertz CT molecular complexity index is 451. The van der Waals surface area contributed by atoms with Gasteiger partial charge in [-0.1, -0.05) is 13.8 Å². The van der Waals surface area contributed by atoms with Gasteiger partial charge in [-0.3, -0.25) is 0 Å². The van der Waals surface area contributed by atoms with Crippen LogP contribution in [0.4, 0.5) is 0 Å². The van der Waals surface area contributed by atoms with Crippen LogP contribution in [0.5, 0.6) is 0 Å². The minimum Gasteiger partial charge on any atom is -0.312 e. The lowest BCUT2D eigenvalue weighted by Crippen LogP contribution is -2.17.